The van der Waals surface area contributed by atoms with Gasteiger partial charge < -0.3 is 13.9 Å². The first-order valence-electron chi connectivity index (χ1n) is 15.3. The molecule has 0 radical (unpaired) electrons. The van der Waals surface area contributed by atoms with Gasteiger partial charge in [-0.15, -0.1) is 0 Å². The third-order valence-corrected chi connectivity index (χ3v) is 8.77. The molecule has 2 heterocycles. The molecule has 0 atom stereocenters. The van der Waals surface area contributed by atoms with E-state index in [-0.39, 0.29) is 0 Å². The lowest BCUT2D eigenvalue weighted by Crippen LogP contribution is -2.11. The van der Waals surface area contributed by atoms with E-state index < -0.39 is 0 Å². The second-order valence-electron chi connectivity index (χ2n) is 11.4. The first kappa shape index (κ1) is 25.4. The molecule has 2 aromatic heterocycles. The summed E-state index contributed by atoms with van der Waals surface area (Å²) in [5, 5.41) is 4.72. The molecule has 0 amide bonds. The number of hydrogen-bond acceptors (Lipinski definition) is 2. The third kappa shape index (κ3) is 4.05. The number of aromatic nitrogens is 1. The summed E-state index contributed by atoms with van der Waals surface area (Å²) in [6.45, 7) is 0. The summed E-state index contributed by atoms with van der Waals surface area (Å²) in [5.74, 6) is 0. The molecule has 0 N–H and O–H groups in total. The summed E-state index contributed by atoms with van der Waals surface area (Å²) in [6, 6.07) is 60.1. The molecule has 9 rings (SSSR count). The summed E-state index contributed by atoms with van der Waals surface area (Å²) < 4.78 is 9.11. The standard InChI is InChI=1S/C42H28N2O/c1-3-15-30(16-4-1)43(31-17-5-2-6-18-31)39-27-26-36-35-22-9-12-25-40(35)45-42(36)41(39)29-14-13-19-32(28-29)44-37-23-10-7-20-33(37)34-21-8-11-24-38(34)44/h1-28H. The summed E-state index contributed by atoms with van der Waals surface area (Å²) in [7, 11) is 0. The molecule has 9 aromatic rings. The Morgan fingerprint density at radius 2 is 1.02 bits per heavy atom. The molecule has 3 heteroatoms. The van der Waals surface area contributed by atoms with Gasteiger partial charge in [-0.2, -0.15) is 0 Å². The lowest BCUT2D eigenvalue weighted by Gasteiger charge is -2.28. The number of nitrogens with zero attached hydrogens (tertiary/aromatic N) is 2. The fourth-order valence-corrected chi connectivity index (χ4v) is 6.83. The van der Waals surface area contributed by atoms with Gasteiger partial charge in [0.2, 0.25) is 0 Å². The van der Waals surface area contributed by atoms with Crippen molar-refractivity contribution < 1.29 is 4.42 Å². The Hall–Kier alpha value is -6.06. The van der Waals surface area contributed by atoms with E-state index in [1.807, 2.05) is 6.07 Å². The molecule has 0 bridgehead atoms. The Balaban J connectivity index is 1.36. The fraction of sp³-hybridized carbons (Fsp3) is 0. The Bertz CT molecular complexity index is 2400. The van der Waals surface area contributed by atoms with E-state index in [9.17, 15) is 0 Å². The number of fused-ring (bicyclic) bond motifs is 6. The maximum absolute atomic E-state index is 6.74. The van der Waals surface area contributed by atoms with Crippen LogP contribution in [0.1, 0.15) is 0 Å². The van der Waals surface area contributed by atoms with E-state index in [4.69, 9.17) is 4.42 Å². The zero-order chi connectivity index (χ0) is 29.7. The average Bonchev–Trinajstić information content (AvgIpc) is 3.65. The van der Waals surface area contributed by atoms with Crippen molar-refractivity contribution in [1.29, 1.82) is 0 Å². The van der Waals surface area contributed by atoms with Gasteiger partial charge in [0.25, 0.3) is 0 Å². The Labute approximate surface area is 260 Å². The van der Waals surface area contributed by atoms with Crippen molar-refractivity contribution in [2.24, 2.45) is 0 Å². The molecular weight excluding hydrogens is 548 g/mol. The molecule has 0 aliphatic carbocycles. The van der Waals surface area contributed by atoms with Crippen LogP contribution in [0.2, 0.25) is 0 Å². The van der Waals surface area contributed by atoms with Crippen LogP contribution in [0.25, 0.3) is 60.6 Å². The quantitative estimate of drug-likeness (QED) is 0.203. The predicted molar refractivity (Wildman–Crippen MR) is 188 cm³/mol. The van der Waals surface area contributed by atoms with Gasteiger partial charge in [0, 0.05) is 44.2 Å². The summed E-state index contributed by atoms with van der Waals surface area (Å²) in [4.78, 5) is 2.33. The number of para-hydroxylation sites is 5. The van der Waals surface area contributed by atoms with Gasteiger partial charge in [-0.05, 0) is 72.3 Å². The van der Waals surface area contributed by atoms with Crippen LogP contribution in [0, 0.1) is 0 Å². The van der Waals surface area contributed by atoms with Crippen molar-refractivity contribution in [3.8, 4) is 16.8 Å². The van der Waals surface area contributed by atoms with E-state index in [0.29, 0.717) is 0 Å². The maximum atomic E-state index is 6.74. The van der Waals surface area contributed by atoms with Gasteiger partial charge >= 0.3 is 0 Å². The highest BCUT2D eigenvalue weighted by Gasteiger charge is 2.23. The lowest BCUT2D eigenvalue weighted by molar-refractivity contribution is 0.670. The summed E-state index contributed by atoms with van der Waals surface area (Å²) >= 11 is 0. The number of anilines is 3. The molecule has 212 valence electrons. The van der Waals surface area contributed by atoms with Gasteiger partial charge in [0.15, 0.2) is 0 Å². The van der Waals surface area contributed by atoms with Crippen LogP contribution in [-0.4, -0.2) is 4.57 Å². The average molecular weight is 577 g/mol. The minimum atomic E-state index is 0.880. The predicted octanol–water partition coefficient (Wildman–Crippen LogP) is 11.8. The number of benzene rings is 7. The third-order valence-electron chi connectivity index (χ3n) is 8.77. The van der Waals surface area contributed by atoms with Crippen molar-refractivity contribution in [3.63, 3.8) is 0 Å². The van der Waals surface area contributed by atoms with Crippen molar-refractivity contribution in [2.75, 3.05) is 4.90 Å². The number of furan rings is 1. The maximum Gasteiger partial charge on any atom is 0.145 e. The molecule has 0 saturated heterocycles. The van der Waals surface area contributed by atoms with Crippen molar-refractivity contribution in [2.45, 2.75) is 0 Å². The molecule has 0 saturated carbocycles. The molecule has 0 spiro atoms. The van der Waals surface area contributed by atoms with Crippen molar-refractivity contribution in [3.05, 3.63) is 170 Å². The van der Waals surface area contributed by atoms with E-state index in [1.54, 1.807) is 0 Å². The van der Waals surface area contributed by atoms with Gasteiger partial charge in [-0.25, -0.2) is 0 Å². The molecule has 3 nitrogen and oxygen atoms in total. The lowest BCUT2D eigenvalue weighted by atomic mass is 9.98. The SMILES string of the molecule is c1ccc(N(c2ccccc2)c2ccc3c(oc4ccccc43)c2-c2cccc(-n3c4ccccc4c4ccccc43)c2)cc1. The first-order chi connectivity index (χ1) is 22.3. The van der Waals surface area contributed by atoms with Gasteiger partial charge in [-0.1, -0.05) is 103 Å². The largest absolute Gasteiger partial charge is 0.455 e. The first-order valence-corrected chi connectivity index (χ1v) is 15.3. The van der Waals surface area contributed by atoms with E-state index in [2.05, 4.69) is 173 Å². The molecule has 0 aliphatic heterocycles. The van der Waals surface area contributed by atoms with Crippen LogP contribution in [0.4, 0.5) is 17.1 Å². The van der Waals surface area contributed by atoms with E-state index in [1.165, 1.54) is 21.8 Å². The van der Waals surface area contributed by atoms with Gasteiger partial charge in [0.05, 0.1) is 16.7 Å². The smallest absolute Gasteiger partial charge is 0.145 e. The second kappa shape index (κ2) is 10.3. The van der Waals surface area contributed by atoms with Crippen LogP contribution in [-0.2, 0) is 0 Å². The van der Waals surface area contributed by atoms with E-state index >= 15 is 0 Å². The van der Waals surface area contributed by atoms with Crippen LogP contribution >= 0.6 is 0 Å². The van der Waals surface area contributed by atoms with E-state index in [0.717, 1.165) is 55.8 Å². The van der Waals surface area contributed by atoms with Gasteiger partial charge in [-0.3, -0.25) is 0 Å². The molecular formula is C42H28N2O. The van der Waals surface area contributed by atoms with Crippen LogP contribution in [0.3, 0.4) is 0 Å². The zero-order valence-electron chi connectivity index (χ0n) is 24.5. The number of rotatable bonds is 5. The second-order valence-corrected chi connectivity index (χ2v) is 11.4. The minimum Gasteiger partial charge on any atom is -0.455 e. The highest BCUT2D eigenvalue weighted by Crippen LogP contribution is 2.47. The zero-order valence-corrected chi connectivity index (χ0v) is 24.5. The highest BCUT2D eigenvalue weighted by molar-refractivity contribution is 6.13. The Kier molecular flexibility index (Phi) is 5.82. The highest BCUT2D eigenvalue weighted by atomic mass is 16.3. The van der Waals surface area contributed by atoms with Crippen LogP contribution in [0.15, 0.2) is 174 Å². The minimum absolute atomic E-state index is 0.880. The van der Waals surface area contributed by atoms with Crippen LogP contribution < -0.4 is 4.90 Å². The summed E-state index contributed by atoms with van der Waals surface area (Å²) in [5.41, 5.74) is 10.6. The molecule has 0 fully saturated rings. The monoisotopic (exact) mass is 576 g/mol. The Morgan fingerprint density at radius 1 is 0.444 bits per heavy atom. The van der Waals surface area contributed by atoms with Gasteiger partial charge in [0.1, 0.15) is 11.2 Å². The Morgan fingerprint density at radius 3 is 1.69 bits per heavy atom. The van der Waals surface area contributed by atoms with Crippen LogP contribution in [0.5, 0.6) is 0 Å². The summed E-state index contributed by atoms with van der Waals surface area (Å²) in [6.07, 6.45) is 0. The molecule has 45 heavy (non-hydrogen) atoms. The topological polar surface area (TPSA) is 21.3 Å². The number of hydrogen-bond donors (Lipinski definition) is 0. The normalized spacial score (nSPS) is 11.6. The molecule has 7 aromatic carbocycles. The van der Waals surface area contributed by atoms with Crippen molar-refractivity contribution in [1.82, 2.24) is 4.57 Å². The fourth-order valence-electron chi connectivity index (χ4n) is 6.83. The molecule has 0 unspecified atom stereocenters. The van der Waals surface area contributed by atoms with Crippen molar-refractivity contribution >= 4 is 60.8 Å². The molecule has 0 aliphatic rings.